The third-order valence-electron chi connectivity index (χ3n) is 7.77. The van der Waals surface area contributed by atoms with Gasteiger partial charge in [-0.15, -0.1) is 0 Å². The molecule has 0 atom stereocenters. The van der Waals surface area contributed by atoms with Gasteiger partial charge >= 0.3 is 0 Å². The minimum absolute atomic E-state index is 0.0466. The zero-order valence-electron chi connectivity index (χ0n) is 23.2. The second kappa shape index (κ2) is 11.8. The van der Waals surface area contributed by atoms with Crippen molar-refractivity contribution in [3.05, 3.63) is 88.5 Å². The predicted molar refractivity (Wildman–Crippen MR) is 162 cm³/mol. The number of H-pyrrole nitrogens is 2. The van der Waals surface area contributed by atoms with E-state index in [1.54, 1.807) is 6.20 Å². The average molecular weight is 569 g/mol. The molecule has 0 spiro atoms. The molecule has 0 aliphatic carbocycles. The van der Waals surface area contributed by atoms with Crippen LogP contribution in [-0.2, 0) is 13.1 Å². The number of rotatable bonds is 8. The summed E-state index contributed by atoms with van der Waals surface area (Å²) in [4.78, 5) is 29.8. The highest BCUT2D eigenvalue weighted by molar-refractivity contribution is 6.30. The molecule has 2 aromatic carbocycles. The number of carbonyl (C=O) groups is 1. The fourth-order valence-electron chi connectivity index (χ4n) is 5.34. The van der Waals surface area contributed by atoms with Gasteiger partial charge < -0.3 is 15.2 Å². The number of carbonyl (C=O) groups excluding carboxylic acids is 1. The van der Waals surface area contributed by atoms with Crippen LogP contribution in [0.3, 0.4) is 0 Å². The number of halogens is 1. The molecule has 1 saturated heterocycles. The van der Waals surface area contributed by atoms with Crippen LogP contribution in [0.2, 0.25) is 5.02 Å². The fourth-order valence-corrected chi connectivity index (χ4v) is 5.46. The number of piperazine rings is 1. The Morgan fingerprint density at radius 3 is 2.63 bits per heavy atom. The fraction of sp³-hybridized carbons (Fsp3) is 0.290. The highest BCUT2D eigenvalue weighted by atomic mass is 35.5. The van der Waals surface area contributed by atoms with Gasteiger partial charge in [0, 0.05) is 67.6 Å². The van der Waals surface area contributed by atoms with E-state index in [1.807, 2.05) is 47.6 Å². The zero-order chi connectivity index (χ0) is 28.3. The van der Waals surface area contributed by atoms with Crippen LogP contribution in [0.25, 0.3) is 33.5 Å². The standard InChI is InChI=1S/C31H33ClN8O/c1-3-33-15-23-16-34-17-26(20(23)2)22-6-9-27-25(14-22)29(38-37-27)30-35-18-28(36-30)31(41)40-12-10-39(11-13-40)19-21-4-7-24(32)8-5-21/h4-9,14,16-18,33H,3,10-13,15,19H2,1-2H3,(H,35,36)(H,37,38). The van der Waals surface area contributed by atoms with Crippen molar-refractivity contribution in [1.82, 2.24) is 40.3 Å². The summed E-state index contributed by atoms with van der Waals surface area (Å²) >= 11 is 6.01. The molecule has 6 rings (SSSR count). The largest absolute Gasteiger partial charge is 0.335 e. The maximum absolute atomic E-state index is 13.3. The van der Waals surface area contributed by atoms with E-state index in [4.69, 9.17) is 11.6 Å². The molecular formula is C31H33ClN8O. The monoisotopic (exact) mass is 568 g/mol. The van der Waals surface area contributed by atoms with Crippen molar-refractivity contribution in [2.45, 2.75) is 26.9 Å². The summed E-state index contributed by atoms with van der Waals surface area (Å²) in [6.07, 6.45) is 5.44. The molecule has 0 radical (unpaired) electrons. The van der Waals surface area contributed by atoms with Gasteiger partial charge in [0.2, 0.25) is 0 Å². The minimum atomic E-state index is -0.0466. The lowest BCUT2D eigenvalue weighted by Gasteiger charge is -2.34. The van der Waals surface area contributed by atoms with E-state index < -0.39 is 0 Å². The number of nitrogens with one attached hydrogen (secondary N) is 3. The molecule has 41 heavy (non-hydrogen) atoms. The van der Waals surface area contributed by atoms with Crippen LogP contribution < -0.4 is 5.32 Å². The third-order valence-corrected chi connectivity index (χ3v) is 8.02. The number of aromatic nitrogens is 5. The summed E-state index contributed by atoms with van der Waals surface area (Å²) in [6, 6.07) is 14.1. The number of hydrogen-bond acceptors (Lipinski definition) is 6. The molecule has 210 valence electrons. The first kappa shape index (κ1) is 27.1. The van der Waals surface area contributed by atoms with E-state index in [0.29, 0.717) is 30.3 Å². The molecule has 9 nitrogen and oxygen atoms in total. The van der Waals surface area contributed by atoms with Gasteiger partial charge in [0.25, 0.3) is 5.91 Å². The van der Waals surface area contributed by atoms with Crippen LogP contribution >= 0.6 is 11.6 Å². The topological polar surface area (TPSA) is 106 Å². The van der Waals surface area contributed by atoms with Gasteiger partial charge in [-0.2, -0.15) is 5.10 Å². The van der Waals surface area contributed by atoms with E-state index in [2.05, 4.69) is 61.3 Å². The van der Waals surface area contributed by atoms with Crippen molar-refractivity contribution in [3.8, 4) is 22.6 Å². The molecule has 1 aliphatic rings. The molecule has 0 bridgehead atoms. The Labute approximate surface area is 244 Å². The van der Waals surface area contributed by atoms with Crippen LogP contribution in [0.5, 0.6) is 0 Å². The number of amides is 1. The summed E-state index contributed by atoms with van der Waals surface area (Å²) in [7, 11) is 0. The number of hydrogen-bond donors (Lipinski definition) is 3. The van der Waals surface area contributed by atoms with Gasteiger partial charge in [0.05, 0.1) is 11.7 Å². The van der Waals surface area contributed by atoms with Gasteiger partial charge in [0.1, 0.15) is 11.4 Å². The molecular weight excluding hydrogens is 536 g/mol. The maximum atomic E-state index is 13.3. The predicted octanol–water partition coefficient (Wildman–Crippen LogP) is 5.04. The summed E-state index contributed by atoms with van der Waals surface area (Å²) < 4.78 is 0. The van der Waals surface area contributed by atoms with Crippen LogP contribution in [-0.4, -0.2) is 73.6 Å². The van der Waals surface area contributed by atoms with Gasteiger partial charge in [-0.05, 0) is 60.0 Å². The van der Waals surface area contributed by atoms with Crippen molar-refractivity contribution < 1.29 is 4.79 Å². The lowest BCUT2D eigenvalue weighted by molar-refractivity contribution is 0.0623. The SMILES string of the molecule is CCNCc1cncc(-c2ccc3[nH]nc(-c4ncc(C(=O)N5CCN(Cc6ccc(Cl)cc6)CC5)[nH]4)c3c2)c1C. The Balaban J connectivity index is 1.17. The number of aromatic amines is 2. The number of pyridine rings is 1. The molecule has 0 saturated carbocycles. The van der Waals surface area contributed by atoms with E-state index in [9.17, 15) is 4.79 Å². The molecule has 3 aromatic heterocycles. The van der Waals surface area contributed by atoms with Crippen LogP contribution in [0, 0.1) is 6.92 Å². The van der Waals surface area contributed by atoms with Crippen molar-refractivity contribution in [2.75, 3.05) is 32.7 Å². The zero-order valence-corrected chi connectivity index (χ0v) is 24.0. The smallest absolute Gasteiger partial charge is 0.272 e. The summed E-state index contributed by atoms with van der Waals surface area (Å²) in [5, 5.41) is 12.7. The molecule has 0 unspecified atom stereocenters. The third kappa shape index (κ3) is 5.74. The Bertz CT molecular complexity index is 1670. The highest BCUT2D eigenvalue weighted by Gasteiger charge is 2.24. The lowest BCUT2D eigenvalue weighted by Crippen LogP contribution is -2.48. The Kier molecular flexibility index (Phi) is 7.82. The molecule has 1 aliphatic heterocycles. The van der Waals surface area contributed by atoms with E-state index >= 15 is 0 Å². The van der Waals surface area contributed by atoms with E-state index in [1.165, 1.54) is 16.7 Å². The second-order valence-electron chi connectivity index (χ2n) is 10.4. The number of benzene rings is 2. The van der Waals surface area contributed by atoms with E-state index in [0.717, 1.165) is 59.8 Å². The molecule has 4 heterocycles. The van der Waals surface area contributed by atoms with Gasteiger partial charge in [0.15, 0.2) is 5.82 Å². The first-order valence-corrected chi connectivity index (χ1v) is 14.3. The first-order chi connectivity index (χ1) is 20.0. The van der Waals surface area contributed by atoms with Crippen molar-refractivity contribution >= 4 is 28.4 Å². The quantitative estimate of drug-likeness (QED) is 0.242. The Morgan fingerprint density at radius 1 is 1.05 bits per heavy atom. The van der Waals surface area contributed by atoms with Crippen LogP contribution in [0.1, 0.15) is 34.1 Å². The maximum Gasteiger partial charge on any atom is 0.272 e. The number of fused-ring (bicyclic) bond motifs is 1. The van der Waals surface area contributed by atoms with Crippen LogP contribution in [0.4, 0.5) is 0 Å². The van der Waals surface area contributed by atoms with Gasteiger partial charge in [-0.25, -0.2) is 4.98 Å². The van der Waals surface area contributed by atoms with Gasteiger partial charge in [-0.3, -0.25) is 19.8 Å². The first-order valence-electron chi connectivity index (χ1n) is 13.9. The van der Waals surface area contributed by atoms with Crippen molar-refractivity contribution in [1.29, 1.82) is 0 Å². The summed E-state index contributed by atoms with van der Waals surface area (Å²) in [5.74, 6) is 0.517. The molecule has 3 N–H and O–H groups in total. The molecule has 1 fully saturated rings. The van der Waals surface area contributed by atoms with Crippen molar-refractivity contribution in [2.24, 2.45) is 0 Å². The number of nitrogens with zero attached hydrogens (tertiary/aromatic N) is 5. The second-order valence-corrected chi connectivity index (χ2v) is 10.9. The molecule has 1 amide bonds. The van der Waals surface area contributed by atoms with Gasteiger partial charge in [-0.1, -0.05) is 36.7 Å². The van der Waals surface area contributed by atoms with Crippen LogP contribution in [0.15, 0.2) is 61.1 Å². The van der Waals surface area contributed by atoms with Crippen molar-refractivity contribution in [3.63, 3.8) is 0 Å². The Hall–Kier alpha value is -4.05. The number of imidazole rings is 1. The molecule has 10 heteroatoms. The molecule has 5 aromatic rings. The average Bonchev–Trinajstić information content (AvgIpc) is 3.65. The Morgan fingerprint density at radius 2 is 1.85 bits per heavy atom. The highest BCUT2D eigenvalue weighted by Crippen LogP contribution is 2.31. The lowest BCUT2D eigenvalue weighted by atomic mass is 9.98. The van der Waals surface area contributed by atoms with E-state index in [-0.39, 0.29) is 5.91 Å². The minimum Gasteiger partial charge on any atom is -0.335 e. The summed E-state index contributed by atoms with van der Waals surface area (Å²) in [6.45, 7) is 9.71. The normalized spacial score (nSPS) is 14.2. The summed E-state index contributed by atoms with van der Waals surface area (Å²) in [5.41, 5.74) is 7.79.